The van der Waals surface area contributed by atoms with Crippen molar-refractivity contribution in [1.82, 2.24) is 9.78 Å². The highest BCUT2D eigenvalue weighted by molar-refractivity contribution is 6.33. The van der Waals surface area contributed by atoms with Gasteiger partial charge >= 0.3 is 0 Å². The quantitative estimate of drug-likeness (QED) is 0.799. The molecule has 0 bridgehead atoms. The van der Waals surface area contributed by atoms with E-state index in [1.807, 2.05) is 6.92 Å². The van der Waals surface area contributed by atoms with Crippen LogP contribution >= 0.6 is 23.2 Å². The van der Waals surface area contributed by atoms with Crippen LogP contribution in [0, 0.1) is 0 Å². The van der Waals surface area contributed by atoms with Crippen molar-refractivity contribution in [3.63, 3.8) is 0 Å². The Morgan fingerprint density at radius 1 is 1.39 bits per heavy atom. The second-order valence-electron chi connectivity index (χ2n) is 3.94. The van der Waals surface area contributed by atoms with Crippen LogP contribution in [0.5, 0.6) is 0 Å². The Morgan fingerprint density at radius 3 is 2.89 bits per heavy atom. The van der Waals surface area contributed by atoms with Crippen molar-refractivity contribution >= 4 is 29.0 Å². The molecule has 1 aromatic heterocycles. The SMILES string of the molecule is CCC(=O)c1cnn(Cc2cc(Cl)ccc2Cl)c1. The summed E-state index contributed by atoms with van der Waals surface area (Å²) in [6.07, 6.45) is 3.77. The summed E-state index contributed by atoms with van der Waals surface area (Å²) in [7, 11) is 0. The van der Waals surface area contributed by atoms with Gasteiger partial charge < -0.3 is 0 Å². The summed E-state index contributed by atoms with van der Waals surface area (Å²) in [5.74, 6) is 0.0819. The molecule has 0 aliphatic heterocycles. The highest BCUT2D eigenvalue weighted by atomic mass is 35.5. The van der Waals surface area contributed by atoms with Crippen molar-refractivity contribution in [3.8, 4) is 0 Å². The molecule has 0 aliphatic rings. The minimum absolute atomic E-state index is 0.0819. The number of hydrogen-bond donors (Lipinski definition) is 0. The molecule has 0 radical (unpaired) electrons. The van der Waals surface area contributed by atoms with Crippen LogP contribution in [0.3, 0.4) is 0 Å². The van der Waals surface area contributed by atoms with Gasteiger partial charge in [-0.1, -0.05) is 30.1 Å². The zero-order valence-corrected chi connectivity index (χ0v) is 11.4. The van der Waals surface area contributed by atoms with Gasteiger partial charge in [-0.3, -0.25) is 9.48 Å². The number of carbonyl (C=O) groups excluding carboxylic acids is 1. The van der Waals surface area contributed by atoms with E-state index < -0.39 is 0 Å². The Bertz CT molecular complexity index is 578. The number of hydrogen-bond acceptors (Lipinski definition) is 2. The summed E-state index contributed by atoms with van der Waals surface area (Å²) in [5, 5.41) is 5.41. The molecule has 0 saturated heterocycles. The summed E-state index contributed by atoms with van der Waals surface area (Å²) in [6, 6.07) is 5.29. The van der Waals surface area contributed by atoms with Gasteiger partial charge in [0, 0.05) is 22.7 Å². The maximum absolute atomic E-state index is 11.5. The second-order valence-corrected chi connectivity index (χ2v) is 4.78. The van der Waals surface area contributed by atoms with Gasteiger partial charge in [-0.2, -0.15) is 5.10 Å². The predicted molar refractivity (Wildman–Crippen MR) is 72.4 cm³/mol. The summed E-state index contributed by atoms with van der Waals surface area (Å²) in [6.45, 7) is 2.32. The average Bonchev–Trinajstić information content (AvgIpc) is 2.81. The van der Waals surface area contributed by atoms with E-state index in [9.17, 15) is 4.79 Å². The van der Waals surface area contributed by atoms with E-state index >= 15 is 0 Å². The largest absolute Gasteiger partial charge is 0.294 e. The first kappa shape index (κ1) is 13.1. The molecule has 0 N–H and O–H groups in total. The molecule has 0 fully saturated rings. The molecule has 5 heteroatoms. The maximum atomic E-state index is 11.5. The van der Waals surface area contributed by atoms with Crippen molar-refractivity contribution in [3.05, 3.63) is 51.8 Å². The molecule has 0 spiro atoms. The third kappa shape index (κ3) is 2.92. The zero-order valence-electron chi connectivity index (χ0n) is 9.86. The van der Waals surface area contributed by atoms with Crippen molar-refractivity contribution in [2.24, 2.45) is 0 Å². The van der Waals surface area contributed by atoms with Gasteiger partial charge in [0.1, 0.15) is 0 Å². The predicted octanol–water partition coefficient (Wildman–Crippen LogP) is 3.83. The molecule has 0 unspecified atom stereocenters. The highest BCUT2D eigenvalue weighted by Gasteiger charge is 2.08. The van der Waals surface area contributed by atoms with Crippen LogP contribution < -0.4 is 0 Å². The minimum atomic E-state index is 0.0819. The number of Topliss-reactive ketones (excluding diaryl/α,β-unsaturated/α-hetero) is 1. The van der Waals surface area contributed by atoms with Gasteiger partial charge in [0.2, 0.25) is 0 Å². The highest BCUT2D eigenvalue weighted by Crippen LogP contribution is 2.21. The van der Waals surface area contributed by atoms with Crippen LogP contribution in [0.1, 0.15) is 29.3 Å². The summed E-state index contributed by atoms with van der Waals surface area (Å²) in [4.78, 5) is 11.5. The fraction of sp³-hybridized carbons (Fsp3) is 0.231. The third-order valence-corrected chi connectivity index (χ3v) is 3.22. The summed E-state index contributed by atoms with van der Waals surface area (Å²) in [5.41, 5.74) is 1.50. The number of nitrogens with zero attached hydrogens (tertiary/aromatic N) is 2. The van der Waals surface area contributed by atoms with Gasteiger partial charge in [-0.05, 0) is 23.8 Å². The molecule has 0 atom stereocenters. The number of ketones is 1. The first-order valence-electron chi connectivity index (χ1n) is 5.59. The van der Waals surface area contributed by atoms with E-state index in [2.05, 4.69) is 5.10 Å². The lowest BCUT2D eigenvalue weighted by atomic mass is 10.2. The van der Waals surface area contributed by atoms with Gasteiger partial charge in [0.25, 0.3) is 0 Å². The minimum Gasteiger partial charge on any atom is -0.294 e. The lowest BCUT2D eigenvalue weighted by molar-refractivity contribution is 0.0988. The van der Waals surface area contributed by atoms with Crippen molar-refractivity contribution in [2.45, 2.75) is 19.9 Å². The number of carbonyl (C=O) groups is 1. The van der Waals surface area contributed by atoms with Gasteiger partial charge in [-0.25, -0.2) is 0 Å². The first-order chi connectivity index (χ1) is 8.60. The Balaban J connectivity index is 2.21. The fourth-order valence-corrected chi connectivity index (χ4v) is 2.01. The monoisotopic (exact) mass is 282 g/mol. The van der Waals surface area contributed by atoms with Crippen molar-refractivity contribution in [2.75, 3.05) is 0 Å². The molecule has 3 nitrogen and oxygen atoms in total. The van der Waals surface area contributed by atoms with Crippen LogP contribution in [0.2, 0.25) is 10.0 Å². The van der Waals surface area contributed by atoms with Crippen LogP contribution in [-0.2, 0) is 6.54 Å². The molecule has 1 aromatic carbocycles. The Labute approximate surface area is 115 Å². The summed E-state index contributed by atoms with van der Waals surface area (Å²) < 4.78 is 1.68. The maximum Gasteiger partial charge on any atom is 0.165 e. The van der Waals surface area contributed by atoms with Gasteiger partial charge in [0.15, 0.2) is 5.78 Å². The molecule has 0 saturated carbocycles. The van der Waals surface area contributed by atoms with E-state index in [1.54, 1.807) is 35.3 Å². The molecule has 18 heavy (non-hydrogen) atoms. The van der Waals surface area contributed by atoms with Crippen molar-refractivity contribution in [1.29, 1.82) is 0 Å². The number of halogens is 2. The smallest absolute Gasteiger partial charge is 0.165 e. The molecular formula is C13H12Cl2N2O. The number of benzene rings is 1. The van der Waals surface area contributed by atoms with Crippen LogP contribution in [0.15, 0.2) is 30.6 Å². The topological polar surface area (TPSA) is 34.9 Å². The Morgan fingerprint density at radius 2 is 2.17 bits per heavy atom. The molecule has 94 valence electrons. The zero-order chi connectivity index (χ0) is 13.1. The molecule has 0 aliphatic carbocycles. The molecule has 2 rings (SSSR count). The molecule has 0 amide bonds. The lowest BCUT2D eigenvalue weighted by Gasteiger charge is -2.04. The fourth-order valence-electron chi connectivity index (χ4n) is 1.64. The van der Waals surface area contributed by atoms with E-state index in [4.69, 9.17) is 23.2 Å². The van der Waals surface area contributed by atoms with E-state index in [0.717, 1.165) is 5.56 Å². The molecule has 2 aromatic rings. The van der Waals surface area contributed by atoms with Crippen LogP contribution in [0.4, 0.5) is 0 Å². The third-order valence-electron chi connectivity index (χ3n) is 2.62. The summed E-state index contributed by atoms with van der Waals surface area (Å²) >= 11 is 12.0. The van der Waals surface area contributed by atoms with Crippen LogP contribution in [0.25, 0.3) is 0 Å². The molecule has 1 heterocycles. The van der Waals surface area contributed by atoms with Crippen LogP contribution in [-0.4, -0.2) is 15.6 Å². The number of rotatable bonds is 4. The van der Waals surface area contributed by atoms with E-state index in [1.165, 1.54) is 0 Å². The van der Waals surface area contributed by atoms with Crippen molar-refractivity contribution < 1.29 is 4.79 Å². The Hall–Kier alpha value is -1.32. The first-order valence-corrected chi connectivity index (χ1v) is 6.35. The van der Waals surface area contributed by atoms with E-state index in [-0.39, 0.29) is 5.78 Å². The Kier molecular flexibility index (Phi) is 4.04. The lowest BCUT2D eigenvalue weighted by Crippen LogP contribution is -2.01. The normalized spacial score (nSPS) is 10.6. The van der Waals surface area contributed by atoms with Gasteiger partial charge in [0.05, 0.1) is 18.3 Å². The average molecular weight is 283 g/mol. The van der Waals surface area contributed by atoms with E-state index in [0.29, 0.717) is 28.6 Å². The second kappa shape index (κ2) is 5.55. The standard InChI is InChI=1S/C13H12Cl2N2O/c1-2-13(18)10-6-16-17(8-10)7-9-5-11(14)3-4-12(9)15/h3-6,8H,2,7H2,1H3. The number of aromatic nitrogens is 2. The van der Waals surface area contributed by atoms with Gasteiger partial charge in [-0.15, -0.1) is 0 Å². The molecular weight excluding hydrogens is 271 g/mol.